The monoisotopic (exact) mass is 433 g/mol. The summed E-state index contributed by atoms with van der Waals surface area (Å²) in [6.45, 7) is 8.16. The number of carbonyl (C=O) groups excluding carboxylic acids is 2. The highest BCUT2D eigenvalue weighted by atomic mass is 79.9. The number of piperazine rings is 1. The fourth-order valence-corrected chi connectivity index (χ4v) is 3.73. The Kier molecular flexibility index (Phi) is 6.01. The van der Waals surface area contributed by atoms with Crippen molar-refractivity contribution in [1.82, 2.24) is 9.80 Å². The molecular weight excluding hydrogens is 410 g/mol. The van der Waals surface area contributed by atoms with Gasteiger partial charge in [0.05, 0.1) is 11.7 Å². The van der Waals surface area contributed by atoms with E-state index in [2.05, 4.69) is 26.1 Å². The van der Waals surface area contributed by atoms with Gasteiger partial charge in [0.15, 0.2) is 5.76 Å². The van der Waals surface area contributed by atoms with Crippen molar-refractivity contribution in [3.05, 3.63) is 51.9 Å². The van der Waals surface area contributed by atoms with Gasteiger partial charge in [-0.05, 0) is 66.5 Å². The van der Waals surface area contributed by atoms with Crippen molar-refractivity contribution in [3.8, 4) is 0 Å². The summed E-state index contributed by atoms with van der Waals surface area (Å²) < 4.78 is 6.29. The maximum absolute atomic E-state index is 12.6. The third-order valence-electron chi connectivity index (χ3n) is 4.86. The molecule has 6 nitrogen and oxygen atoms in total. The van der Waals surface area contributed by atoms with Gasteiger partial charge in [0.2, 0.25) is 5.91 Å². The van der Waals surface area contributed by atoms with Crippen molar-refractivity contribution in [3.63, 3.8) is 0 Å². The first-order chi connectivity index (χ1) is 12.8. The van der Waals surface area contributed by atoms with Crippen molar-refractivity contribution in [2.75, 3.05) is 31.5 Å². The van der Waals surface area contributed by atoms with Crippen LogP contribution in [0.25, 0.3) is 0 Å². The lowest BCUT2D eigenvalue weighted by Gasteiger charge is -2.37. The van der Waals surface area contributed by atoms with Crippen LogP contribution in [0.15, 0.2) is 39.2 Å². The fraction of sp³-hybridized carbons (Fsp3) is 0.400. The lowest BCUT2D eigenvalue weighted by molar-refractivity contribution is -0.121. The number of hydrogen-bond acceptors (Lipinski definition) is 4. The minimum absolute atomic E-state index is 0.0546. The van der Waals surface area contributed by atoms with E-state index in [1.165, 1.54) is 0 Å². The Hall–Kier alpha value is -2.12. The summed E-state index contributed by atoms with van der Waals surface area (Å²) in [5.41, 5.74) is 1.89. The van der Waals surface area contributed by atoms with E-state index < -0.39 is 0 Å². The number of nitrogens with zero attached hydrogens (tertiary/aromatic N) is 2. The largest absolute Gasteiger partial charge is 0.456 e. The second kappa shape index (κ2) is 8.27. The number of aryl methyl sites for hydroxylation is 2. The van der Waals surface area contributed by atoms with Crippen molar-refractivity contribution in [1.29, 1.82) is 0 Å². The molecule has 2 amide bonds. The lowest BCUT2D eigenvalue weighted by atomic mass is 10.2. The molecule has 144 valence electrons. The molecule has 2 aromatic rings. The van der Waals surface area contributed by atoms with Gasteiger partial charge in [0.25, 0.3) is 5.91 Å². The number of hydrogen-bond donors (Lipinski definition) is 1. The zero-order chi connectivity index (χ0) is 19.6. The average Bonchev–Trinajstić information content (AvgIpc) is 3.09. The summed E-state index contributed by atoms with van der Waals surface area (Å²) in [6, 6.07) is 9.05. The van der Waals surface area contributed by atoms with E-state index in [1.54, 1.807) is 17.0 Å². The van der Waals surface area contributed by atoms with E-state index in [-0.39, 0.29) is 17.9 Å². The van der Waals surface area contributed by atoms with E-state index in [0.717, 1.165) is 21.5 Å². The van der Waals surface area contributed by atoms with Crippen LogP contribution in [0.5, 0.6) is 0 Å². The average molecular weight is 434 g/mol. The molecule has 0 saturated carbocycles. The first-order valence-corrected chi connectivity index (χ1v) is 9.81. The second-order valence-electron chi connectivity index (χ2n) is 6.89. The Morgan fingerprint density at radius 1 is 1.11 bits per heavy atom. The van der Waals surface area contributed by atoms with Gasteiger partial charge in [-0.25, -0.2) is 0 Å². The molecule has 0 aliphatic carbocycles. The Morgan fingerprint density at radius 2 is 1.81 bits per heavy atom. The standard InChI is InChI=1S/C20H24BrN3O3/c1-13-4-6-17(16(21)12-13)22-19(25)15(3)23-8-10-24(11-9-23)20(26)18-7-5-14(2)27-18/h4-7,12,15H,8-11H2,1-3H3,(H,22,25). The Balaban J connectivity index is 1.55. The van der Waals surface area contributed by atoms with Crippen molar-refractivity contribution in [2.45, 2.75) is 26.8 Å². The maximum Gasteiger partial charge on any atom is 0.289 e. The molecule has 1 aliphatic rings. The van der Waals surface area contributed by atoms with E-state index in [1.807, 2.05) is 39.0 Å². The maximum atomic E-state index is 12.6. The molecule has 0 spiro atoms. The number of nitrogens with one attached hydrogen (secondary N) is 1. The molecule has 1 aliphatic heterocycles. The number of benzene rings is 1. The summed E-state index contributed by atoms with van der Waals surface area (Å²) in [5, 5.41) is 2.97. The molecule has 1 saturated heterocycles. The number of halogens is 1. The van der Waals surface area contributed by atoms with Crippen molar-refractivity contribution < 1.29 is 14.0 Å². The van der Waals surface area contributed by atoms with Gasteiger partial charge in [-0.3, -0.25) is 14.5 Å². The van der Waals surface area contributed by atoms with Gasteiger partial charge >= 0.3 is 0 Å². The van der Waals surface area contributed by atoms with Crippen LogP contribution >= 0.6 is 15.9 Å². The van der Waals surface area contributed by atoms with Crippen molar-refractivity contribution >= 4 is 33.4 Å². The molecule has 0 radical (unpaired) electrons. The molecule has 2 heterocycles. The molecular formula is C20H24BrN3O3. The highest BCUT2D eigenvalue weighted by molar-refractivity contribution is 9.10. The number of carbonyl (C=O) groups is 2. The third kappa shape index (κ3) is 4.59. The molecule has 1 aromatic carbocycles. The molecule has 0 bridgehead atoms. The summed E-state index contributed by atoms with van der Waals surface area (Å²) in [7, 11) is 0. The molecule has 3 rings (SSSR count). The molecule has 1 unspecified atom stereocenters. The summed E-state index contributed by atoms with van der Waals surface area (Å²) >= 11 is 3.49. The zero-order valence-electron chi connectivity index (χ0n) is 15.8. The van der Waals surface area contributed by atoms with Crippen LogP contribution < -0.4 is 5.32 Å². The van der Waals surface area contributed by atoms with Gasteiger partial charge in [0.1, 0.15) is 5.76 Å². The van der Waals surface area contributed by atoms with Crippen molar-refractivity contribution in [2.24, 2.45) is 0 Å². The zero-order valence-corrected chi connectivity index (χ0v) is 17.4. The molecule has 1 fully saturated rings. The first kappa shape index (κ1) is 19.6. The number of furan rings is 1. The van der Waals surface area contributed by atoms with Gasteiger partial charge in [-0.2, -0.15) is 0 Å². The van der Waals surface area contributed by atoms with Gasteiger partial charge in [-0.15, -0.1) is 0 Å². The fourth-order valence-electron chi connectivity index (χ4n) is 3.14. The van der Waals surface area contributed by atoms with Gasteiger partial charge in [-0.1, -0.05) is 6.07 Å². The van der Waals surface area contributed by atoms with E-state index in [9.17, 15) is 9.59 Å². The summed E-state index contributed by atoms with van der Waals surface area (Å²) in [5.74, 6) is 0.949. The van der Waals surface area contributed by atoms with Crippen LogP contribution in [0.1, 0.15) is 28.8 Å². The van der Waals surface area contributed by atoms with Crippen LogP contribution in [0.3, 0.4) is 0 Å². The highest BCUT2D eigenvalue weighted by Crippen LogP contribution is 2.24. The summed E-state index contributed by atoms with van der Waals surface area (Å²) in [4.78, 5) is 28.9. The number of rotatable bonds is 4. The molecule has 7 heteroatoms. The number of anilines is 1. The van der Waals surface area contributed by atoms with Crippen LogP contribution in [0, 0.1) is 13.8 Å². The van der Waals surface area contributed by atoms with E-state index in [0.29, 0.717) is 31.9 Å². The minimum atomic E-state index is -0.277. The first-order valence-electron chi connectivity index (χ1n) is 9.02. The van der Waals surface area contributed by atoms with Crippen LogP contribution in [-0.4, -0.2) is 53.8 Å². The van der Waals surface area contributed by atoms with E-state index in [4.69, 9.17) is 4.42 Å². The van der Waals surface area contributed by atoms with Gasteiger partial charge in [0, 0.05) is 30.7 Å². The topological polar surface area (TPSA) is 65.8 Å². The Morgan fingerprint density at radius 3 is 2.41 bits per heavy atom. The van der Waals surface area contributed by atoms with Crippen LogP contribution in [-0.2, 0) is 4.79 Å². The predicted octanol–water partition coefficient (Wildman–Crippen LogP) is 3.44. The van der Waals surface area contributed by atoms with Crippen LogP contribution in [0.2, 0.25) is 0 Å². The second-order valence-corrected chi connectivity index (χ2v) is 7.74. The molecule has 27 heavy (non-hydrogen) atoms. The lowest BCUT2D eigenvalue weighted by Crippen LogP contribution is -2.54. The minimum Gasteiger partial charge on any atom is -0.456 e. The quantitative estimate of drug-likeness (QED) is 0.801. The molecule has 1 atom stereocenters. The Bertz CT molecular complexity index is 841. The summed E-state index contributed by atoms with van der Waals surface area (Å²) in [6.07, 6.45) is 0. The number of amides is 2. The van der Waals surface area contributed by atoms with Gasteiger partial charge < -0.3 is 14.6 Å². The predicted molar refractivity (Wildman–Crippen MR) is 108 cm³/mol. The SMILES string of the molecule is Cc1ccc(NC(=O)C(C)N2CCN(C(=O)c3ccc(C)o3)CC2)c(Br)c1. The smallest absolute Gasteiger partial charge is 0.289 e. The molecule has 1 N–H and O–H groups in total. The van der Waals surface area contributed by atoms with E-state index >= 15 is 0 Å². The molecule has 1 aromatic heterocycles. The third-order valence-corrected chi connectivity index (χ3v) is 5.52. The van der Waals surface area contributed by atoms with Crippen LogP contribution in [0.4, 0.5) is 5.69 Å². The highest BCUT2D eigenvalue weighted by Gasteiger charge is 2.29. The normalized spacial score (nSPS) is 16.2. The Labute approximate surface area is 167 Å².